The standard InChI is InChI=1S/C14H18ClNO2/c1-9(2)13(14(17)18)16-7-3-4-10-8-11(15)5-6-12(10)16/h5-6,8-9,13H,3-4,7H2,1-2H3,(H,17,18)/t13-/m0/s1. The molecule has 18 heavy (non-hydrogen) atoms. The van der Waals surface area contributed by atoms with E-state index >= 15 is 0 Å². The summed E-state index contributed by atoms with van der Waals surface area (Å²) in [5.74, 6) is -0.683. The third-order valence-electron chi connectivity index (χ3n) is 3.42. The number of nitrogens with zero attached hydrogens (tertiary/aromatic N) is 1. The summed E-state index contributed by atoms with van der Waals surface area (Å²) in [5.41, 5.74) is 2.17. The van der Waals surface area contributed by atoms with Gasteiger partial charge in [-0.1, -0.05) is 25.4 Å². The minimum absolute atomic E-state index is 0.0733. The van der Waals surface area contributed by atoms with Gasteiger partial charge in [0, 0.05) is 17.3 Å². The molecule has 0 saturated heterocycles. The molecule has 1 aromatic carbocycles. The minimum atomic E-state index is -0.757. The quantitative estimate of drug-likeness (QED) is 0.914. The highest BCUT2D eigenvalue weighted by molar-refractivity contribution is 6.30. The number of hydrogen-bond donors (Lipinski definition) is 1. The Balaban J connectivity index is 2.40. The molecule has 3 nitrogen and oxygen atoms in total. The van der Waals surface area contributed by atoms with Crippen molar-refractivity contribution in [2.45, 2.75) is 32.7 Å². The van der Waals surface area contributed by atoms with Crippen LogP contribution < -0.4 is 4.90 Å². The number of halogens is 1. The molecule has 0 spiro atoms. The van der Waals surface area contributed by atoms with E-state index in [2.05, 4.69) is 0 Å². The summed E-state index contributed by atoms with van der Waals surface area (Å²) in [7, 11) is 0. The van der Waals surface area contributed by atoms with Crippen LogP contribution in [-0.4, -0.2) is 23.7 Å². The number of aliphatic carboxylic acids is 1. The van der Waals surface area contributed by atoms with Gasteiger partial charge in [-0.25, -0.2) is 4.79 Å². The van der Waals surface area contributed by atoms with Crippen molar-refractivity contribution in [3.63, 3.8) is 0 Å². The number of carboxylic acid groups (broad SMARTS) is 1. The summed E-state index contributed by atoms with van der Waals surface area (Å²) in [6.07, 6.45) is 1.95. The van der Waals surface area contributed by atoms with Gasteiger partial charge in [-0.15, -0.1) is 0 Å². The van der Waals surface area contributed by atoms with Crippen molar-refractivity contribution in [3.05, 3.63) is 28.8 Å². The van der Waals surface area contributed by atoms with E-state index in [0.717, 1.165) is 30.6 Å². The summed E-state index contributed by atoms with van der Waals surface area (Å²) in [4.78, 5) is 13.5. The highest BCUT2D eigenvalue weighted by Crippen LogP contribution is 2.32. The molecular weight excluding hydrogens is 250 g/mol. The summed E-state index contributed by atoms with van der Waals surface area (Å²) < 4.78 is 0. The van der Waals surface area contributed by atoms with Crippen LogP contribution in [0.1, 0.15) is 25.8 Å². The Morgan fingerprint density at radius 2 is 2.17 bits per heavy atom. The Morgan fingerprint density at radius 1 is 1.44 bits per heavy atom. The van der Waals surface area contributed by atoms with Crippen molar-refractivity contribution in [1.82, 2.24) is 0 Å². The second-order valence-corrected chi connectivity index (χ2v) is 5.53. The van der Waals surface area contributed by atoms with Gasteiger partial charge < -0.3 is 10.0 Å². The normalized spacial score (nSPS) is 16.6. The van der Waals surface area contributed by atoms with Crippen molar-refractivity contribution < 1.29 is 9.90 Å². The van der Waals surface area contributed by atoms with Crippen LogP contribution in [-0.2, 0) is 11.2 Å². The van der Waals surface area contributed by atoms with E-state index in [-0.39, 0.29) is 5.92 Å². The fraction of sp³-hybridized carbons (Fsp3) is 0.500. The molecule has 0 aromatic heterocycles. The van der Waals surface area contributed by atoms with Crippen LogP contribution >= 0.6 is 11.6 Å². The van der Waals surface area contributed by atoms with Gasteiger partial charge >= 0.3 is 5.97 Å². The van der Waals surface area contributed by atoms with Gasteiger partial charge in [0.15, 0.2) is 0 Å². The lowest BCUT2D eigenvalue weighted by Crippen LogP contribution is -2.47. The van der Waals surface area contributed by atoms with Crippen molar-refractivity contribution in [1.29, 1.82) is 0 Å². The van der Waals surface area contributed by atoms with Crippen molar-refractivity contribution in [2.24, 2.45) is 5.92 Å². The van der Waals surface area contributed by atoms with Gasteiger partial charge in [0.25, 0.3) is 0 Å². The topological polar surface area (TPSA) is 40.5 Å². The van der Waals surface area contributed by atoms with E-state index in [0.29, 0.717) is 5.02 Å². The largest absolute Gasteiger partial charge is 0.480 e. The molecule has 4 heteroatoms. The molecule has 1 aliphatic rings. The first-order chi connectivity index (χ1) is 8.50. The van der Waals surface area contributed by atoms with E-state index in [1.54, 1.807) is 0 Å². The molecule has 0 fully saturated rings. The Labute approximate surface area is 112 Å². The molecule has 1 aromatic rings. The van der Waals surface area contributed by atoms with Crippen molar-refractivity contribution in [2.75, 3.05) is 11.4 Å². The predicted octanol–water partition coefficient (Wildman–Crippen LogP) is 3.20. The number of carbonyl (C=O) groups is 1. The molecule has 0 unspecified atom stereocenters. The molecule has 0 amide bonds. The summed E-state index contributed by atoms with van der Waals surface area (Å²) in [6, 6.07) is 5.25. The first-order valence-corrected chi connectivity index (χ1v) is 6.66. The number of fused-ring (bicyclic) bond motifs is 1. The molecule has 1 atom stereocenters. The zero-order valence-electron chi connectivity index (χ0n) is 10.7. The minimum Gasteiger partial charge on any atom is -0.480 e. The van der Waals surface area contributed by atoms with Gasteiger partial charge in [0.1, 0.15) is 6.04 Å². The Hall–Kier alpha value is -1.22. The van der Waals surface area contributed by atoms with Crippen LogP contribution in [0.15, 0.2) is 18.2 Å². The molecular formula is C14H18ClNO2. The highest BCUT2D eigenvalue weighted by Gasteiger charge is 2.31. The molecule has 0 radical (unpaired) electrons. The zero-order valence-corrected chi connectivity index (χ0v) is 11.4. The van der Waals surface area contributed by atoms with Crippen molar-refractivity contribution in [3.8, 4) is 0 Å². The first kappa shape index (κ1) is 13.2. The number of aryl methyl sites for hydroxylation is 1. The number of benzene rings is 1. The second-order valence-electron chi connectivity index (χ2n) is 5.10. The van der Waals surface area contributed by atoms with Crippen LogP contribution in [0, 0.1) is 5.92 Å². The number of anilines is 1. The third kappa shape index (κ3) is 2.46. The average Bonchev–Trinajstić information content (AvgIpc) is 2.27. The molecule has 0 bridgehead atoms. The van der Waals surface area contributed by atoms with Gasteiger partial charge in [-0.2, -0.15) is 0 Å². The molecule has 0 saturated carbocycles. The van der Waals surface area contributed by atoms with Gasteiger partial charge in [-0.3, -0.25) is 0 Å². The van der Waals surface area contributed by atoms with Crippen LogP contribution in [0.2, 0.25) is 5.02 Å². The molecule has 1 heterocycles. The van der Waals surface area contributed by atoms with E-state index in [1.807, 2.05) is 36.9 Å². The average molecular weight is 268 g/mol. The summed E-state index contributed by atoms with van der Waals surface area (Å²) in [5, 5.41) is 10.1. The van der Waals surface area contributed by atoms with E-state index in [9.17, 15) is 9.90 Å². The third-order valence-corrected chi connectivity index (χ3v) is 3.65. The number of rotatable bonds is 3. The predicted molar refractivity (Wildman–Crippen MR) is 73.4 cm³/mol. The van der Waals surface area contributed by atoms with E-state index in [4.69, 9.17) is 11.6 Å². The molecule has 1 N–H and O–H groups in total. The highest BCUT2D eigenvalue weighted by atomic mass is 35.5. The Bertz CT molecular complexity index is 459. The van der Waals surface area contributed by atoms with Gasteiger partial charge in [0.05, 0.1) is 0 Å². The monoisotopic (exact) mass is 267 g/mol. The fourth-order valence-electron chi connectivity index (χ4n) is 2.66. The van der Waals surface area contributed by atoms with Crippen LogP contribution in [0.5, 0.6) is 0 Å². The second kappa shape index (κ2) is 5.19. The maximum atomic E-state index is 11.4. The molecule has 0 aliphatic carbocycles. The number of hydrogen-bond acceptors (Lipinski definition) is 2. The van der Waals surface area contributed by atoms with Crippen LogP contribution in [0.4, 0.5) is 5.69 Å². The number of carboxylic acids is 1. The Morgan fingerprint density at radius 3 is 2.78 bits per heavy atom. The summed E-state index contributed by atoms with van der Waals surface area (Å²) >= 11 is 5.99. The fourth-order valence-corrected chi connectivity index (χ4v) is 2.86. The SMILES string of the molecule is CC(C)[C@@H](C(=O)O)N1CCCc2cc(Cl)ccc21. The lowest BCUT2D eigenvalue weighted by atomic mass is 9.95. The van der Waals surface area contributed by atoms with Crippen LogP contribution in [0.25, 0.3) is 0 Å². The molecule has 2 rings (SSSR count). The van der Waals surface area contributed by atoms with Gasteiger partial charge in [0.2, 0.25) is 0 Å². The molecule has 98 valence electrons. The lowest BCUT2D eigenvalue weighted by molar-refractivity contribution is -0.139. The smallest absolute Gasteiger partial charge is 0.326 e. The maximum absolute atomic E-state index is 11.4. The van der Waals surface area contributed by atoms with Gasteiger partial charge in [-0.05, 0) is 42.5 Å². The Kier molecular flexibility index (Phi) is 3.81. The van der Waals surface area contributed by atoms with E-state index < -0.39 is 12.0 Å². The molecule has 1 aliphatic heterocycles. The lowest BCUT2D eigenvalue weighted by Gasteiger charge is -2.37. The zero-order chi connectivity index (χ0) is 13.3. The first-order valence-electron chi connectivity index (χ1n) is 6.28. The van der Waals surface area contributed by atoms with Crippen molar-refractivity contribution >= 4 is 23.3 Å². The van der Waals surface area contributed by atoms with E-state index in [1.165, 1.54) is 0 Å². The maximum Gasteiger partial charge on any atom is 0.326 e. The van der Waals surface area contributed by atoms with Crippen LogP contribution in [0.3, 0.4) is 0 Å². The summed E-state index contributed by atoms with van der Waals surface area (Å²) in [6.45, 7) is 4.69.